The molecule has 6 N–H and O–H groups in total. The highest BCUT2D eigenvalue weighted by atomic mass is 16.4. The number of nitrogens with zero attached hydrogens (tertiary/aromatic N) is 1. The molecule has 0 aliphatic carbocycles. The van der Waals surface area contributed by atoms with E-state index in [-0.39, 0.29) is 18.4 Å². The van der Waals surface area contributed by atoms with Crippen LogP contribution in [0.15, 0.2) is 0 Å². The topological polar surface area (TPSA) is 179 Å². The second-order valence-electron chi connectivity index (χ2n) is 8.33. The molecule has 0 aromatic rings. The van der Waals surface area contributed by atoms with Crippen LogP contribution in [-0.4, -0.2) is 75.5 Å². The highest BCUT2D eigenvalue weighted by Crippen LogP contribution is 2.20. The van der Waals surface area contributed by atoms with Crippen molar-refractivity contribution < 1.29 is 34.2 Å². The Morgan fingerprint density at radius 2 is 1.68 bits per heavy atom. The third kappa shape index (κ3) is 7.20. The summed E-state index contributed by atoms with van der Waals surface area (Å²) in [5.41, 5.74) is 5.66. The van der Waals surface area contributed by atoms with Crippen molar-refractivity contribution in [3.8, 4) is 0 Å². The van der Waals surface area contributed by atoms with Crippen LogP contribution < -0.4 is 16.4 Å². The molecule has 0 aromatic heterocycles. The smallest absolute Gasteiger partial charge is 0.326 e. The third-order valence-electron chi connectivity index (χ3n) is 5.57. The number of amides is 3. The van der Waals surface area contributed by atoms with E-state index in [1.807, 2.05) is 6.92 Å². The molecule has 176 valence electrons. The van der Waals surface area contributed by atoms with E-state index in [0.717, 1.165) is 0 Å². The van der Waals surface area contributed by atoms with Crippen molar-refractivity contribution in [3.63, 3.8) is 0 Å². The maximum absolute atomic E-state index is 12.9. The van der Waals surface area contributed by atoms with Crippen molar-refractivity contribution in [2.24, 2.45) is 17.6 Å². The summed E-state index contributed by atoms with van der Waals surface area (Å²) in [5.74, 6) is -4.82. The molecule has 0 spiro atoms. The molecule has 11 heteroatoms. The van der Waals surface area contributed by atoms with Crippen LogP contribution in [0.1, 0.15) is 53.4 Å². The molecule has 5 unspecified atom stereocenters. The predicted molar refractivity (Wildman–Crippen MR) is 111 cm³/mol. The molecule has 1 aliphatic rings. The lowest BCUT2D eigenvalue weighted by atomic mass is 9.97. The van der Waals surface area contributed by atoms with E-state index in [9.17, 15) is 29.1 Å². The van der Waals surface area contributed by atoms with Crippen molar-refractivity contribution >= 4 is 29.7 Å². The SMILES string of the molecule is CCC(C)C(NC(=O)C(NC(=O)C1CCCN1C(=O)C(N)CC(=O)O)C(C)C)C(=O)O. The molecule has 1 saturated heterocycles. The van der Waals surface area contributed by atoms with Crippen LogP contribution in [0.25, 0.3) is 0 Å². The van der Waals surface area contributed by atoms with E-state index in [4.69, 9.17) is 10.8 Å². The number of rotatable bonds is 11. The summed E-state index contributed by atoms with van der Waals surface area (Å²) in [6, 6.07) is -4.22. The normalized spacial score (nSPS) is 19.9. The van der Waals surface area contributed by atoms with Gasteiger partial charge in [0.15, 0.2) is 0 Å². The Balaban J connectivity index is 2.91. The van der Waals surface area contributed by atoms with Gasteiger partial charge in [0, 0.05) is 6.54 Å². The van der Waals surface area contributed by atoms with Gasteiger partial charge in [-0.05, 0) is 24.7 Å². The number of hydrogen-bond donors (Lipinski definition) is 5. The maximum Gasteiger partial charge on any atom is 0.326 e. The second-order valence-corrected chi connectivity index (χ2v) is 8.33. The minimum absolute atomic E-state index is 0.262. The fourth-order valence-corrected chi connectivity index (χ4v) is 3.50. The molecule has 31 heavy (non-hydrogen) atoms. The van der Waals surface area contributed by atoms with E-state index in [0.29, 0.717) is 19.3 Å². The highest BCUT2D eigenvalue weighted by molar-refractivity contribution is 5.95. The van der Waals surface area contributed by atoms with Crippen molar-refractivity contribution in [1.29, 1.82) is 0 Å². The zero-order valence-corrected chi connectivity index (χ0v) is 18.5. The average molecular weight is 443 g/mol. The Kier molecular flexibility index (Phi) is 9.89. The quantitative estimate of drug-likeness (QED) is 0.285. The lowest BCUT2D eigenvalue weighted by Crippen LogP contribution is -2.58. The van der Waals surface area contributed by atoms with E-state index >= 15 is 0 Å². The summed E-state index contributed by atoms with van der Waals surface area (Å²) in [6.45, 7) is 7.21. The average Bonchev–Trinajstić information content (AvgIpc) is 3.17. The first-order valence-corrected chi connectivity index (χ1v) is 10.5. The predicted octanol–water partition coefficient (Wildman–Crippen LogP) is -0.464. The van der Waals surface area contributed by atoms with Gasteiger partial charge >= 0.3 is 11.9 Å². The molecule has 0 saturated carbocycles. The summed E-state index contributed by atoms with van der Waals surface area (Å²) in [7, 11) is 0. The van der Waals surface area contributed by atoms with Gasteiger partial charge in [-0.2, -0.15) is 0 Å². The van der Waals surface area contributed by atoms with Gasteiger partial charge in [-0.25, -0.2) is 4.79 Å². The van der Waals surface area contributed by atoms with E-state index in [2.05, 4.69) is 10.6 Å². The molecule has 1 aliphatic heterocycles. The number of carboxylic acid groups (broad SMARTS) is 2. The highest BCUT2D eigenvalue weighted by Gasteiger charge is 2.39. The van der Waals surface area contributed by atoms with Crippen molar-refractivity contribution in [2.45, 2.75) is 77.5 Å². The van der Waals surface area contributed by atoms with Crippen LogP contribution in [0.2, 0.25) is 0 Å². The van der Waals surface area contributed by atoms with Gasteiger partial charge in [-0.3, -0.25) is 19.2 Å². The third-order valence-corrected chi connectivity index (χ3v) is 5.57. The van der Waals surface area contributed by atoms with E-state index in [1.54, 1.807) is 20.8 Å². The molecule has 3 amide bonds. The standard InChI is InChI=1S/C20H34N4O7/c1-5-11(4)16(20(30)31)23-18(28)15(10(2)3)22-17(27)13-7-6-8-24(13)19(29)12(21)9-14(25)26/h10-13,15-16H,5-9,21H2,1-4H3,(H,22,27)(H,23,28)(H,25,26)(H,30,31). The lowest BCUT2D eigenvalue weighted by Gasteiger charge is -2.30. The first kappa shape index (κ1) is 26.3. The van der Waals surface area contributed by atoms with Gasteiger partial charge in [0.25, 0.3) is 0 Å². The monoisotopic (exact) mass is 442 g/mol. The number of carboxylic acids is 2. The molecule has 1 heterocycles. The molecule has 11 nitrogen and oxygen atoms in total. The van der Waals surface area contributed by atoms with Crippen LogP contribution in [0.4, 0.5) is 0 Å². The largest absolute Gasteiger partial charge is 0.481 e. The van der Waals surface area contributed by atoms with Crippen LogP contribution in [-0.2, 0) is 24.0 Å². The number of carbonyl (C=O) groups excluding carboxylic acids is 3. The number of nitrogens with one attached hydrogen (secondary N) is 2. The van der Waals surface area contributed by atoms with Crippen LogP contribution in [0.3, 0.4) is 0 Å². The van der Waals surface area contributed by atoms with Gasteiger partial charge < -0.3 is 31.5 Å². The number of nitrogens with two attached hydrogens (primary N) is 1. The lowest BCUT2D eigenvalue weighted by molar-refractivity contribution is -0.145. The molecule has 0 radical (unpaired) electrons. The summed E-state index contributed by atoms with van der Waals surface area (Å²) >= 11 is 0. The van der Waals surface area contributed by atoms with Crippen LogP contribution in [0.5, 0.6) is 0 Å². The summed E-state index contributed by atoms with van der Waals surface area (Å²) in [4.78, 5) is 61.7. The van der Waals surface area contributed by atoms with Gasteiger partial charge in [0.2, 0.25) is 17.7 Å². The van der Waals surface area contributed by atoms with Crippen molar-refractivity contribution in [1.82, 2.24) is 15.5 Å². The number of likely N-dealkylation sites (tertiary alicyclic amines) is 1. The molecule has 5 atom stereocenters. The fourth-order valence-electron chi connectivity index (χ4n) is 3.50. The molecule has 0 aromatic carbocycles. The van der Waals surface area contributed by atoms with Gasteiger partial charge in [0.05, 0.1) is 12.5 Å². The minimum atomic E-state index is -1.26. The van der Waals surface area contributed by atoms with Gasteiger partial charge in [0.1, 0.15) is 18.1 Å². The van der Waals surface area contributed by atoms with Gasteiger partial charge in [-0.1, -0.05) is 34.1 Å². The van der Waals surface area contributed by atoms with Crippen LogP contribution >= 0.6 is 0 Å². The summed E-state index contributed by atoms with van der Waals surface area (Å²) in [6.07, 6.45) is 0.893. The zero-order chi connectivity index (χ0) is 23.9. The Hall–Kier alpha value is -2.69. The second kappa shape index (κ2) is 11.6. The molecule has 1 rings (SSSR count). The molecule has 1 fully saturated rings. The Labute approximate surface area is 181 Å². The number of hydrogen-bond acceptors (Lipinski definition) is 6. The van der Waals surface area contributed by atoms with Crippen LogP contribution in [0, 0.1) is 11.8 Å². The number of aliphatic carboxylic acids is 2. The zero-order valence-electron chi connectivity index (χ0n) is 18.5. The Morgan fingerprint density at radius 1 is 1.06 bits per heavy atom. The number of carbonyl (C=O) groups is 5. The minimum Gasteiger partial charge on any atom is -0.481 e. The molecule has 0 bridgehead atoms. The Morgan fingerprint density at radius 3 is 2.16 bits per heavy atom. The molecular formula is C20H34N4O7. The van der Waals surface area contributed by atoms with E-state index < -0.39 is 60.2 Å². The molecular weight excluding hydrogens is 408 g/mol. The van der Waals surface area contributed by atoms with Crippen molar-refractivity contribution in [3.05, 3.63) is 0 Å². The Bertz CT molecular complexity index is 697. The van der Waals surface area contributed by atoms with E-state index in [1.165, 1.54) is 4.90 Å². The first-order valence-electron chi connectivity index (χ1n) is 10.5. The van der Waals surface area contributed by atoms with Gasteiger partial charge in [-0.15, -0.1) is 0 Å². The first-order chi connectivity index (χ1) is 14.4. The fraction of sp³-hybridized carbons (Fsp3) is 0.750. The summed E-state index contributed by atoms with van der Waals surface area (Å²) < 4.78 is 0. The van der Waals surface area contributed by atoms with Crippen molar-refractivity contribution in [2.75, 3.05) is 6.54 Å². The maximum atomic E-state index is 12.9. The summed E-state index contributed by atoms with van der Waals surface area (Å²) in [5, 5.41) is 23.4.